The van der Waals surface area contributed by atoms with Gasteiger partial charge in [-0.25, -0.2) is 13.2 Å². The number of fused-ring (bicyclic) bond motifs is 1. The van der Waals surface area contributed by atoms with E-state index in [4.69, 9.17) is 9.47 Å². The normalized spacial score (nSPS) is 25.4. The van der Waals surface area contributed by atoms with Gasteiger partial charge in [-0.05, 0) is 39.7 Å². The highest BCUT2D eigenvalue weighted by molar-refractivity contribution is 7.89. The lowest BCUT2D eigenvalue weighted by atomic mass is 10.2. The first-order chi connectivity index (χ1) is 11.6. The third-order valence-electron chi connectivity index (χ3n) is 4.21. The van der Waals surface area contributed by atoms with Gasteiger partial charge in [0.1, 0.15) is 22.3 Å². The number of carbonyl (C=O) groups is 1. The van der Waals surface area contributed by atoms with Gasteiger partial charge in [-0.3, -0.25) is 0 Å². The van der Waals surface area contributed by atoms with Gasteiger partial charge in [0.25, 0.3) is 10.0 Å². The van der Waals surface area contributed by atoms with Gasteiger partial charge in [-0.15, -0.1) is 0 Å². The number of amides is 1. The second-order valence-corrected chi connectivity index (χ2v) is 9.00. The van der Waals surface area contributed by atoms with Crippen LogP contribution in [0.3, 0.4) is 0 Å². The lowest BCUT2D eigenvalue weighted by molar-refractivity contribution is -0.499. The highest BCUT2D eigenvalue weighted by Gasteiger charge is 2.57. The summed E-state index contributed by atoms with van der Waals surface area (Å²) in [5.41, 5.74) is -0.384. The van der Waals surface area contributed by atoms with E-state index in [9.17, 15) is 18.4 Å². The number of ether oxygens (including phenoxy) is 2. The Morgan fingerprint density at radius 2 is 2.00 bits per heavy atom. The van der Waals surface area contributed by atoms with Gasteiger partial charge in [-0.1, -0.05) is 12.1 Å². The van der Waals surface area contributed by atoms with Crippen molar-refractivity contribution in [2.75, 3.05) is 0 Å². The zero-order valence-electron chi connectivity index (χ0n) is 14.3. The molecule has 2 aliphatic rings. The molecule has 0 spiro atoms. The average Bonchev–Trinajstić information content (AvgIpc) is 3.19. The van der Waals surface area contributed by atoms with E-state index in [1.165, 1.54) is 18.2 Å². The van der Waals surface area contributed by atoms with Crippen molar-refractivity contribution in [1.29, 1.82) is 0 Å². The maximum absolute atomic E-state index is 13.2. The van der Waals surface area contributed by atoms with Crippen molar-refractivity contribution in [2.45, 2.75) is 62.4 Å². The summed E-state index contributed by atoms with van der Waals surface area (Å²) in [7, 11) is -4.26. The first-order valence-corrected chi connectivity index (χ1v) is 9.56. The molecule has 1 amide bonds. The van der Waals surface area contributed by atoms with Crippen LogP contribution in [-0.2, 0) is 19.5 Å². The van der Waals surface area contributed by atoms with E-state index in [1.54, 1.807) is 26.8 Å². The zero-order chi connectivity index (χ0) is 18.4. The Bertz CT molecular complexity index is 773. The van der Waals surface area contributed by atoms with E-state index >= 15 is 0 Å². The molecule has 2 fully saturated rings. The highest BCUT2D eigenvalue weighted by Crippen LogP contribution is 2.43. The van der Waals surface area contributed by atoms with E-state index in [2.05, 4.69) is 0 Å². The molecule has 1 aromatic rings. The highest BCUT2D eigenvalue weighted by atomic mass is 32.2. The molecule has 1 saturated carbocycles. The molecule has 1 aromatic carbocycles. The molecule has 1 unspecified atom stereocenters. The minimum absolute atomic E-state index is 0.00215. The van der Waals surface area contributed by atoms with Crippen molar-refractivity contribution in [3.8, 4) is 0 Å². The Morgan fingerprint density at radius 3 is 2.52 bits per heavy atom. The summed E-state index contributed by atoms with van der Waals surface area (Å²) in [6, 6.07) is 5.17. The van der Waals surface area contributed by atoms with Crippen LogP contribution in [0.5, 0.6) is 0 Å². The molecule has 25 heavy (non-hydrogen) atoms. The second-order valence-electron chi connectivity index (χ2n) is 7.22. The molecule has 1 saturated heterocycles. The molecule has 0 aromatic heterocycles. The molecule has 8 nitrogen and oxygen atoms in total. The Morgan fingerprint density at radius 1 is 1.32 bits per heavy atom. The molecule has 1 aliphatic carbocycles. The molecule has 3 rings (SSSR count). The Kier molecular flexibility index (Phi) is 4.52. The van der Waals surface area contributed by atoms with Crippen LogP contribution in [0.25, 0.3) is 0 Å². The summed E-state index contributed by atoms with van der Waals surface area (Å²) in [6.07, 6.45) is -0.0530. The number of hydrogen-bond acceptors (Lipinski definition) is 6. The summed E-state index contributed by atoms with van der Waals surface area (Å²) in [4.78, 5) is 12.5. The van der Waals surface area contributed by atoms with Crippen molar-refractivity contribution in [3.63, 3.8) is 0 Å². The fourth-order valence-electron chi connectivity index (χ4n) is 3.11. The van der Waals surface area contributed by atoms with Crippen LogP contribution < -0.4 is 5.48 Å². The van der Waals surface area contributed by atoms with Crippen molar-refractivity contribution in [3.05, 3.63) is 29.5 Å². The SMILES string of the molecule is CC(C)(C)OC(=O)N([C@H]1CCC2O[C@@H]21)S(=O)(=O)c1ccccc1[NH2+][O-]. The van der Waals surface area contributed by atoms with E-state index in [-0.39, 0.29) is 22.8 Å². The fraction of sp³-hybridized carbons (Fsp3) is 0.562. The number of benzene rings is 1. The van der Waals surface area contributed by atoms with Crippen LogP contribution in [-0.4, -0.2) is 42.7 Å². The molecule has 0 bridgehead atoms. The topological polar surface area (TPSA) is 116 Å². The number of rotatable bonds is 4. The lowest BCUT2D eigenvalue weighted by Gasteiger charge is -2.31. The van der Waals surface area contributed by atoms with Gasteiger partial charge in [-0.2, -0.15) is 4.31 Å². The first kappa shape index (κ1) is 18.1. The van der Waals surface area contributed by atoms with Crippen LogP contribution in [0.4, 0.5) is 10.5 Å². The number of nitrogens with zero attached hydrogens (tertiary/aromatic N) is 1. The number of carbonyl (C=O) groups excluding carboxylic acids is 1. The third kappa shape index (κ3) is 3.50. The van der Waals surface area contributed by atoms with Gasteiger partial charge in [0, 0.05) is 6.07 Å². The van der Waals surface area contributed by atoms with Crippen LogP contribution in [0.1, 0.15) is 33.6 Å². The maximum atomic E-state index is 13.2. The Hall–Kier alpha value is -1.68. The van der Waals surface area contributed by atoms with E-state index in [0.29, 0.717) is 18.3 Å². The van der Waals surface area contributed by atoms with Gasteiger partial charge in [0.15, 0.2) is 0 Å². The van der Waals surface area contributed by atoms with E-state index < -0.39 is 27.8 Å². The summed E-state index contributed by atoms with van der Waals surface area (Å²) in [6.45, 7) is 5.00. The summed E-state index contributed by atoms with van der Waals surface area (Å²) < 4.78 is 37.9. The summed E-state index contributed by atoms with van der Waals surface area (Å²) >= 11 is 0. The third-order valence-corrected chi connectivity index (χ3v) is 6.07. The number of sulfonamides is 1. The molecular formula is C16H22N2O6S. The monoisotopic (exact) mass is 370 g/mol. The van der Waals surface area contributed by atoms with Crippen LogP contribution >= 0.6 is 0 Å². The van der Waals surface area contributed by atoms with E-state index in [0.717, 1.165) is 4.31 Å². The van der Waals surface area contributed by atoms with Gasteiger partial charge < -0.3 is 20.2 Å². The molecule has 1 heterocycles. The molecule has 2 N–H and O–H groups in total. The van der Waals surface area contributed by atoms with Gasteiger partial charge in [0.05, 0.1) is 12.1 Å². The van der Waals surface area contributed by atoms with Gasteiger partial charge in [0.2, 0.25) is 0 Å². The van der Waals surface area contributed by atoms with Crippen molar-refractivity contribution in [2.24, 2.45) is 0 Å². The van der Waals surface area contributed by atoms with Crippen molar-refractivity contribution < 1.29 is 28.2 Å². The second kappa shape index (κ2) is 6.24. The van der Waals surface area contributed by atoms with E-state index in [1.807, 2.05) is 0 Å². The smallest absolute Gasteiger partial charge is 0.424 e. The molecule has 9 heteroatoms. The number of quaternary nitrogens is 1. The first-order valence-electron chi connectivity index (χ1n) is 8.12. The lowest BCUT2D eigenvalue weighted by Crippen LogP contribution is -2.70. The zero-order valence-corrected chi connectivity index (χ0v) is 15.2. The average molecular weight is 370 g/mol. The predicted molar refractivity (Wildman–Crippen MR) is 88.3 cm³/mol. The fourth-order valence-corrected chi connectivity index (χ4v) is 4.81. The van der Waals surface area contributed by atoms with Gasteiger partial charge >= 0.3 is 6.09 Å². The van der Waals surface area contributed by atoms with Crippen LogP contribution in [0.15, 0.2) is 29.2 Å². The van der Waals surface area contributed by atoms with Crippen molar-refractivity contribution >= 4 is 21.8 Å². The quantitative estimate of drug-likeness (QED) is 0.484. The summed E-state index contributed by atoms with van der Waals surface area (Å²) in [5.74, 6) is 0. The number of hydrogen-bond donors (Lipinski definition) is 1. The Balaban J connectivity index is 2.02. The largest absolute Gasteiger partial charge is 0.630 e. The summed E-state index contributed by atoms with van der Waals surface area (Å²) in [5, 5.41) is 11.3. The number of epoxide rings is 1. The predicted octanol–water partition coefficient (Wildman–Crippen LogP) is 1.23. The minimum Gasteiger partial charge on any atom is -0.630 e. The molecule has 138 valence electrons. The van der Waals surface area contributed by atoms with Crippen LogP contribution in [0.2, 0.25) is 0 Å². The minimum atomic E-state index is -4.26. The maximum Gasteiger partial charge on any atom is 0.424 e. The molecule has 1 aliphatic heterocycles. The molecular weight excluding hydrogens is 348 g/mol. The van der Waals surface area contributed by atoms with Crippen LogP contribution in [0, 0.1) is 5.21 Å². The molecule has 0 radical (unpaired) electrons. The Labute approximate surface area is 146 Å². The molecule has 3 atom stereocenters. The number of nitrogens with two attached hydrogens (primary N) is 1. The standard InChI is InChI=1S/C16H22N2O6S/c1-16(2,3)24-15(19)18(11-8-9-12-14(11)23-12)25(21,22)13-7-5-4-6-10(13)17-20/h4-7,11-12,14H,8-9,17H2,1-3H3/t11-,12?,14+/m0/s1. The van der Waals surface area contributed by atoms with Crippen molar-refractivity contribution in [1.82, 2.24) is 4.31 Å².